The number of nitrogens with one attached hydrogen (secondary N) is 1. The van der Waals surface area contributed by atoms with E-state index in [2.05, 4.69) is 10.3 Å². The third-order valence-corrected chi connectivity index (χ3v) is 3.92. The van der Waals surface area contributed by atoms with Gasteiger partial charge in [-0.3, -0.25) is 4.79 Å². The number of benzene rings is 2. The van der Waals surface area contributed by atoms with E-state index in [0.29, 0.717) is 18.2 Å². The van der Waals surface area contributed by atoms with Gasteiger partial charge < -0.3 is 14.8 Å². The van der Waals surface area contributed by atoms with Gasteiger partial charge in [0.1, 0.15) is 17.3 Å². The highest BCUT2D eigenvalue weighted by Crippen LogP contribution is 2.25. The molecular formula is C22H22N2O3. The standard InChI is InChI=1S/C22H22N2O3/c1-2-26-22(25)15-20(17-9-5-3-6-10-17)24-21-14-13-19(16-23-21)27-18-11-7-4-8-12-18/h3-14,16,20H,2,15H2,1H3,(H,23,24). The van der Waals surface area contributed by atoms with Crippen LogP contribution in [0.25, 0.3) is 0 Å². The molecule has 2 aromatic carbocycles. The predicted octanol–water partition coefficient (Wildman–Crippen LogP) is 4.98. The van der Waals surface area contributed by atoms with E-state index in [9.17, 15) is 4.79 Å². The van der Waals surface area contributed by atoms with Gasteiger partial charge in [0.05, 0.1) is 25.3 Å². The van der Waals surface area contributed by atoms with E-state index in [1.165, 1.54) is 0 Å². The van der Waals surface area contributed by atoms with E-state index in [1.54, 1.807) is 13.1 Å². The second kappa shape index (κ2) is 9.38. The first-order valence-corrected chi connectivity index (χ1v) is 8.90. The number of carbonyl (C=O) groups excluding carboxylic acids is 1. The van der Waals surface area contributed by atoms with Gasteiger partial charge in [-0.1, -0.05) is 48.5 Å². The van der Waals surface area contributed by atoms with Gasteiger partial charge in [-0.2, -0.15) is 0 Å². The van der Waals surface area contributed by atoms with E-state index in [0.717, 1.165) is 11.3 Å². The zero-order chi connectivity index (χ0) is 18.9. The van der Waals surface area contributed by atoms with Crippen molar-refractivity contribution in [2.24, 2.45) is 0 Å². The van der Waals surface area contributed by atoms with Gasteiger partial charge >= 0.3 is 5.97 Å². The topological polar surface area (TPSA) is 60.5 Å². The minimum Gasteiger partial charge on any atom is -0.466 e. The molecule has 0 bridgehead atoms. The summed E-state index contributed by atoms with van der Waals surface area (Å²) >= 11 is 0. The maximum Gasteiger partial charge on any atom is 0.308 e. The first-order valence-electron chi connectivity index (χ1n) is 8.90. The van der Waals surface area contributed by atoms with Gasteiger partial charge in [-0.05, 0) is 36.8 Å². The van der Waals surface area contributed by atoms with Crippen LogP contribution in [0.3, 0.4) is 0 Å². The molecule has 0 amide bonds. The summed E-state index contributed by atoms with van der Waals surface area (Å²) in [5, 5.41) is 3.31. The molecule has 0 saturated carbocycles. The molecule has 0 aliphatic heterocycles. The third kappa shape index (κ3) is 5.57. The van der Waals surface area contributed by atoms with Crippen LogP contribution in [0.15, 0.2) is 79.0 Å². The normalized spacial score (nSPS) is 11.4. The van der Waals surface area contributed by atoms with Gasteiger partial charge in [-0.15, -0.1) is 0 Å². The zero-order valence-electron chi connectivity index (χ0n) is 15.2. The molecule has 27 heavy (non-hydrogen) atoms. The van der Waals surface area contributed by atoms with Crippen LogP contribution in [-0.2, 0) is 9.53 Å². The quantitative estimate of drug-likeness (QED) is 0.573. The molecule has 5 nitrogen and oxygen atoms in total. The van der Waals surface area contributed by atoms with Crippen molar-refractivity contribution in [3.63, 3.8) is 0 Å². The molecule has 0 spiro atoms. The van der Waals surface area contributed by atoms with Crippen LogP contribution < -0.4 is 10.1 Å². The summed E-state index contributed by atoms with van der Waals surface area (Å²) in [6.45, 7) is 2.17. The molecule has 1 N–H and O–H groups in total. The van der Waals surface area contributed by atoms with Crippen LogP contribution in [0.1, 0.15) is 24.9 Å². The lowest BCUT2D eigenvalue weighted by molar-refractivity contribution is -0.143. The Labute approximate surface area is 159 Å². The lowest BCUT2D eigenvalue weighted by Crippen LogP contribution is -2.17. The predicted molar refractivity (Wildman–Crippen MR) is 105 cm³/mol. The van der Waals surface area contributed by atoms with E-state index in [-0.39, 0.29) is 18.4 Å². The van der Waals surface area contributed by atoms with E-state index < -0.39 is 0 Å². The SMILES string of the molecule is CCOC(=O)CC(Nc1ccc(Oc2ccccc2)cn1)c1ccccc1. The lowest BCUT2D eigenvalue weighted by Gasteiger charge is -2.19. The first kappa shape index (κ1) is 18.5. The van der Waals surface area contributed by atoms with Crippen molar-refractivity contribution in [3.8, 4) is 11.5 Å². The molecule has 1 unspecified atom stereocenters. The number of ether oxygens (including phenoxy) is 2. The molecule has 138 valence electrons. The Bertz CT molecular complexity index is 836. The first-order chi connectivity index (χ1) is 13.2. The maximum atomic E-state index is 12.0. The number of rotatable bonds is 8. The average molecular weight is 362 g/mol. The Morgan fingerprint density at radius 3 is 2.30 bits per heavy atom. The highest BCUT2D eigenvalue weighted by atomic mass is 16.5. The van der Waals surface area contributed by atoms with Crippen molar-refractivity contribution in [1.82, 2.24) is 4.98 Å². The van der Waals surface area contributed by atoms with Gasteiger partial charge in [0.2, 0.25) is 0 Å². The zero-order valence-corrected chi connectivity index (χ0v) is 15.2. The van der Waals surface area contributed by atoms with Gasteiger partial charge in [-0.25, -0.2) is 4.98 Å². The molecule has 1 atom stereocenters. The minimum atomic E-state index is -0.247. The number of aromatic nitrogens is 1. The molecule has 3 aromatic rings. The van der Waals surface area contributed by atoms with Crippen molar-refractivity contribution in [2.75, 3.05) is 11.9 Å². The highest BCUT2D eigenvalue weighted by Gasteiger charge is 2.17. The lowest BCUT2D eigenvalue weighted by atomic mass is 10.0. The molecule has 0 aliphatic carbocycles. The summed E-state index contributed by atoms with van der Waals surface area (Å²) in [4.78, 5) is 16.4. The number of esters is 1. The monoisotopic (exact) mass is 362 g/mol. The smallest absolute Gasteiger partial charge is 0.308 e. The molecule has 0 saturated heterocycles. The average Bonchev–Trinajstić information content (AvgIpc) is 2.70. The number of hydrogen-bond acceptors (Lipinski definition) is 5. The molecule has 0 radical (unpaired) electrons. The number of hydrogen-bond donors (Lipinski definition) is 1. The van der Waals surface area contributed by atoms with E-state index >= 15 is 0 Å². The van der Waals surface area contributed by atoms with Gasteiger partial charge in [0.15, 0.2) is 0 Å². The Morgan fingerprint density at radius 1 is 0.963 bits per heavy atom. The fraction of sp³-hybridized carbons (Fsp3) is 0.182. The maximum absolute atomic E-state index is 12.0. The fourth-order valence-corrected chi connectivity index (χ4v) is 2.65. The number of para-hydroxylation sites is 1. The Balaban J connectivity index is 1.70. The van der Waals surface area contributed by atoms with Crippen molar-refractivity contribution in [3.05, 3.63) is 84.6 Å². The van der Waals surface area contributed by atoms with Crippen LogP contribution in [0.4, 0.5) is 5.82 Å². The number of anilines is 1. The highest BCUT2D eigenvalue weighted by molar-refractivity contribution is 5.71. The van der Waals surface area contributed by atoms with Crippen LogP contribution in [-0.4, -0.2) is 17.6 Å². The Morgan fingerprint density at radius 2 is 1.67 bits per heavy atom. The fourth-order valence-electron chi connectivity index (χ4n) is 2.65. The Hall–Kier alpha value is -3.34. The van der Waals surface area contributed by atoms with Crippen molar-refractivity contribution >= 4 is 11.8 Å². The third-order valence-electron chi connectivity index (χ3n) is 3.92. The van der Waals surface area contributed by atoms with Crippen LogP contribution >= 0.6 is 0 Å². The largest absolute Gasteiger partial charge is 0.466 e. The molecule has 1 aromatic heterocycles. The minimum absolute atomic E-state index is 0.223. The van der Waals surface area contributed by atoms with E-state index in [4.69, 9.17) is 9.47 Å². The Kier molecular flexibility index (Phi) is 6.41. The summed E-state index contributed by atoms with van der Waals surface area (Å²) in [7, 11) is 0. The van der Waals surface area contributed by atoms with Crippen molar-refractivity contribution in [1.29, 1.82) is 0 Å². The van der Waals surface area contributed by atoms with Gasteiger partial charge in [0, 0.05) is 0 Å². The molecule has 0 aliphatic rings. The molecule has 5 heteroatoms. The second-order valence-electron chi connectivity index (χ2n) is 5.91. The van der Waals surface area contributed by atoms with E-state index in [1.807, 2.05) is 72.8 Å². The van der Waals surface area contributed by atoms with Crippen LogP contribution in [0.5, 0.6) is 11.5 Å². The summed E-state index contributed by atoms with van der Waals surface area (Å²) in [6.07, 6.45) is 1.88. The van der Waals surface area contributed by atoms with Crippen LogP contribution in [0.2, 0.25) is 0 Å². The molecule has 3 rings (SSSR count). The van der Waals surface area contributed by atoms with Crippen molar-refractivity contribution in [2.45, 2.75) is 19.4 Å². The molecule has 1 heterocycles. The van der Waals surface area contributed by atoms with Gasteiger partial charge in [0.25, 0.3) is 0 Å². The summed E-state index contributed by atoms with van der Waals surface area (Å²) < 4.78 is 10.9. The summed E-state index contributed by atoms with van der Waals surface area (Å²) in [6, 6.07) is 22.8. The molecular weight excluding hydrogens is 340 g/mol. The second-order valence-corrected chi connectivity index (χ2v) is 5.91. The molecule has 0 fully saturated rings. The number of carbonyl (C=O) groups is 1. The number of pyridine rings is 1. The van der Waals surface area contributed by atoms with Crippen LogP contribution in [0, 0.1) is 0 Å². The summed E-state index contributed by atoms with van der Waals surface area (Å²) in [5.41, 5.74) is 0.997. The number of nitrogens with zero attached hydrogens (tertiary/aromatic N) is 1. The van der Waals surface area contributed by atoms with Crippen molar-refractivity contribution < 1.29 is 14.3 Å². The summed E-state index contributed by atoms with van der Waals surface area (Å²) in [5.74, 6) is 1.81.